The topological polar surface area (TPSA) is 43.1 Å². The first-order valence-electron chi connectivity index (χ1n) is 3.50. The van der Waals surface area contributed by atoms with E-state index in [2.05, 4.69) is 5.92 Å². The Hall–Kier alpha value is -1.27. The maximum Gasteiger partial charge on any atom is 0.225 e. The largest absolute Gasteiger partial charge is 0.369 e. The number of amides is 1. The summed E-state index contributed by atoms with van der Waals surface area (Å²) in [6.45, 7) is 0. The molecule has 0 aliphatic rings. The number of rotatable bonds is 3. The van der Waals surface area contributed by atoms with Gasteiger partial charge in [0.25, 0.3) is 0 Å². The van der Waals surface area contributed by atoms with E-state index >= 15 is 0 Å². The van der Waals surface area contributed by atoms with Crippen LogP contribution in [-0.2, 0) is 4.79 Å². The highest BCUT2D eigenvalue weighted by atomic mass is 32.1. The number of hydrogen-bond acceptors (Lipinski definition) is 2. The maximum atomic E-state index is 10.9. The number of primary amides is 1. The fourth-order valence-corrected chi connectivity index (χ4v) is 1.69. The molecule has 1 aromatic heterocycles. The standard InChI is InChI=1S/C9H9NOS/c1-2-3-8(9(10)11)7-4-5-12-6-7/h1,4-6,8H,3H2,(H2,10,11). The summed E-state index contributed by atoms with van der Waals surface area (Å²) in [6.07, 6.45) is 5.50. The van der Waals surface area contributed by atoms with E-state index in [0.717, 1.165) is 5.56 Å². The lowest BCUT2D eigenvalue weighted by atomic mass is 9.98. The third kappa shape index (κ3) is 1.86. The molecular weight excluding hydrogens is 170 g/mol. The van der Waals surface area contributed by atoms with Crippen LogP contribution < -0.4 is 5.73 Å². The lowest BCUT2D eigenvalue weighted by Gasteiger charge is -2.06. The van der Waals surface area contributed by atoms with Crippen LogP contribution in [0.4, 0.5) is 0 Å². The zero-order valence-electron chi connectivity index (χ0n) is 6.49. The molecule has 1 amide bonds. The SMILES string of the molecule is C#CCC(C(N)=O)c1ccsc1. The molecule has 0 aliphatic carbocycles. The average molecular weight is 179 g/mol. The Kier molecular flexibility index (Phi) is 2.89. The summed E-state index contributed by atoms with van der Waals surface area (Å²) in [4.78, 5) is 10.9. The van der Waals surface area contributed by atoms with Gasteiger partial charge in [0.05, 0.1) is 5.92 Å². The van der Waals surface area contributed by atoms with Gasteiger partial charge in [0, 0.05) is 6.42 Å². The lowest BCUT2D eigenvalue weighted by Crippen LogP contribution is -2.20. The van der Waals surface area contributed by atoms with Gasteiger partial charge in [0.2, 0.25) is 5.91 Å². The molecule has 1 heterocycles. The number of carbonyl (C=O) groups is 1. The van der Waals surface area contributed by atoms with E-state index in [1.54, 1.807) is 0 Å². The molecule has 2 nitrogen and oxygen atoms in total. The predicted octanol–water partition coefficient (Wildman–Crippen LogP) is 1.34. The number of thiophene rings is 1. The van der Waals surface area contributed by atoms with Crippen LogP contribution in [0.5, 0.6) is 0 Å². The zero-order chi connectivity index (χ0) is 8.97. The first-order chi connectivity index (χ1) is 5.75. The summed E-state index contributed by atoms with van der Waals surface area (Å²) < 4.78 is 0. The molecule has 1 rings (SSSR count). The average Bonchev–Trinajstić information content (AvgIpc) is 2.51. The van der Waals surface area contributed by atoms with Gasteiger partial charge in [-0.25, -0.2) is 0 Å². The van der Waals surface area contributed by atoms with Gasteiger partial charge in [0.15, 0.2) is 0 Å². The van der Waals surface area contributed by atoms with Crippen LogP contribution in [0.2, 0.25) is 0 Å². The highest BCUT2D eigenvalue weighted by molar-refractivity contribution is 7.08. The van der Waals surface area contributed by atoms with Crippen LogP contribution in [0.25, 0.3) is 0 Å². The van der Waals surface area contributed by atoms with Crippen molar-refractivity contribution in [3.8, 4) is 12.3 Å². The van der Waals surface area contributed by atoms with E-state index in [1.165, 1.54) is 11.3 Å². The predicted molar refractivity (Wildman–Crippen MR) is 49.7 cm³/mol. The number of nitrogens with two attached hydrogens (primary N) is 1. The Bertz CT molecular complexity index is 297. The maximum absolute atomic E-state index is 10.9. The van der Waals surface area contributed by atoms with Gasteiger partial charge in [-0.1, -0.05) is 0 Å². The summed E-state index contributed by atoms with van der Waals surface area (Å²) in [5.74, 6) is 1.77. The fraction of sp³-hybridized carbons (Fsp3) is 0.222. The van der Waals surface area contributed by atoms with Crippen molar-refractivity contribution in [3.63, 3.8) is 0 Å². The molecule has 0 radical (unpaired) electrons. The van der Waals surface area contributed by atoms with Crippen LogP contribution in [0.3, 0.4) is 0 Å². The first kappa shape index (κ1) is 8.82. The Balaban J connectivity index is 2.82. The van der Waals surface area contributed by atoms with Crippen molar-refractivity contribution < 1.29 is 4.79 Å². The third-order valence-electron chi connectivity index (χ3n) is 1.61. The molecule has 1 aromatic rings. The van der Waals surface area contributed by atoms with Crippen molar-refractivity contribution in [3.05, 3.63) is 22.4 Å². The van der Waals surface area contributed by atoms with Crippen molar-refractivity contribution in [2.75, 3.05) is 0 Å². The van der Waals surface area contributed by atoms with Gasteiger partial charge in [-0.2, -0.15) is 11.3 Å². The summed E-state index contributed by atoms with van der Waals surface area (Å²) >= 11 is 1.53. The summed E-state index contributed by atoms with van der Waals surface area (Å²) in [6, 6.07) is 1.87. The second kappa shape index (κ2) is 3.93. The van der Waals surface area contributed by atoms with E-state index in [4.69, 9.17) is 12.2 Å². The van der Waals surface area contributed by atoms with E-state index in [9.17, 15) is 4.79 Å². The molecule has 0 bridgehead atoms. The normalized spacial score (nSPS) is 11.9. The third-order valence-corrected chi connectivity index (χ3v) is 2.31. The van der Waals surface area contributed by atoms with Crippen LogP contribution in [0.15, 0.2) is 16.8 Å². The number of hydrogen-bond donors (Lipinski definition) is 1. The van der Waals surface area contributed by atoms with Gasteiger partial charge in [0.1, 0.15) is 0 Å². The number of terminal acetylenes is 1. The monoisotopic (exact) mass is 179 g/mol. The van der Waals surface area contributed by atoms with Gasteiger partial charge >= 0.3 is 0 Å². The second-order valence-electron chi connectivity index (χ2n) is 2.42. The van der Waals surface area contributed by atoms with Crippen molar-refractivity contribution in [1.29, 1.82) is 0 Å². The Morgan fingerprint density at radius 2 is 2.58 bits per heavy atom. The first-order valence-corrected chi connectivity index (χ1v) is 4.45. The molecule has 0 saturated heterocycles. The minimum atomic E-state index is -0.355. The van der Waals surface area contributed by atoms with Gasteiger partial charge in [-0.05, 0) is 22.4 Å². The molecule has 12 heavy (non-hydrogen) atoms. The smallest absolute Gasteiger partial charge is 0.225 e. The highest BCUT2D eigenvalue weighted by Crippen LogP contribution is 2.20. The Labute approximate surface area is 75.4 Å². The zero-order valence-corrected chi connectivity index (χ0v) is 7.30. The van der Waals surface area contributed by atoms with Crippen LogP contribution in [0, 0.1) is 12.3 Å². The minimum Gasteiger partial charge on any atom is -0.369 e. The molecule has 0 fully saturated rings. The summed E-state index contributed by atoms with van der Waals surface area (Å²) in [7, 11) is 0. The van der Waals surface area contributed by atoms with Crippen molar-refractivity contribution in [2.24, 2.45) is 5.73 Å². The molecule has 0 aliphatic heterocycles. The second-order valence-corrected chi connectivity index (χ2v) is 3.20. The van der Waals surface area contributed by atoms with E-state index in [1.807, 2.05) is 16.8 Å². The molecule has 0 aromatic carbocycles. The molecule has 0 saturated carbocycles. The van der Waals surface area contributed by atoms with Crippen LogP contribution in [-0.4, -0.2) is 5.91 Å². The molecule has 3 heteroatoms. The Morgan fingerprint density at radius 3 is 3.00 bits per heavy atom. The molecule has 62 valence electrons. The summed E-state index contributed by atoms with van der Waals surface area (Å²) in [5, 5.41) is 3.80. The van der Waals surface area contributed by atoms with E-state index in [-0.39, 0.29) is 11.8 Å². The van der Waals surface area contributed by atoms with Crippen LogP contribution in [0.1, 0.15) is 17.9 Å². The van der Waals surface area contributed by atoms with Gasteiger partial charge < -0.3 is 5.73 Å². The van der Waals surface area contributed by atoms with Gasteiger partial charge in [-0.3, -0.25) is 4.79 Å². The number of carbonyl (C=O) groups excluding carboxylic acids is 1. The quantitative estimate of drug-likeness (QED) is 0.699. The molecular formula is C9H9NOS. The van der Waals surface area contributed by atoms with Crippen LogP contribution >= 0.6 is 11.3 Å². The van der Waals surface area contributed by atoms with Gasteiger partial charge in [-0.15, -0.1) is 12.3 Å². The molecule has 1 unspecified atom stereocenters. The molecule has 2 N–H and O–H groups in total. The summed E-state index contributed by atoms with van der Waals surface area (Å²) in [5.41, 5.74) is 6.11. The van der Waals surface area contributed by atoms with Crippen molar-refractivity contribution in [2.45, 2.75) is 12.3 Å². The van der Waals surface area contributed by atoms with E-state index in [0.29, 0.717) is 6.42 Å². The molecule has 0 spiro atoms. The molecule has 1 atom stereocenters. The minimum absolute atomic E-state index is 0.318. The Morgan fingerprint density at radius 1 is 1.83 bits per heavy atom. The van der Waals surface area contributed by atoms with E-state index < -0.39 is 0 Å². The highest BCUT2D eigenvalue weighted by Gasteiger charge is 2.16. The van der Waals surface area contributed by atoms with Crippen molar-refractivity contribution >= 4 is 17.2 Å². The lowest BCUT2D eigenvalue weighted by molar-refractivity contribution is -0.119. The van der Waals surface area contributed by atoms with Crippen molar-refractivity contribution in [1.82, 2.24) is 0 Å². The fourth-order valence-electron chi connectivity index (χ4n) is 0.974.